The van der Waals surface area contributed by atoms with E-state index in [1.807, 2.05) is 37.5 Å². The van der Waals surface area contributed by atoms with E-state index >= 15 is 0 Å². The van der Waals surface area contributed by atoms with Crippen LogP contribution in [0.4, 0.5) is 0 Å². The van der Waals surface area contributed by atoms with Crippen molar-refractivity contribution in [3.63, 3.8) is 0 Å². The number of rotatable bonds is 6. The van der Waals surface area contributed by atoms with Gasteiger partial charge in [-0.05, 0) is 37.0 Å². The Bertz CT molecular complexity index is 599. The molecule has 0 spiro atoms. The van der Waals surface area contributed by atoms with Gasteiger partial charge in [0.15, 0.2) is 0 Å². The van der Waals surface area contributed by atoms with Crippen molar-refractivity contribution < 1.29 is 4.79 Å². The van der Waals surface area contributed by atoms with Crippen LogP contribution < -0.4 is 0 Å². The molecule has 3 rings (SSSR count). The second-order valence-corrected chi connectivity index (χ2v) is 5.85. The van der Waals surface area contributed by atoms with Crippen LogP contribution in [0.2, 0.25) is 0 Å². The first-order chi connectivity index (χ1) is 10.2. The lowest BCUT2D eigenvalue weighted by molar-refractivity contribution is -0.132. The van der Waals surface area contributed by atoms with Crippen LogP contribution in [0.25, 0.3) is 0 Å². The SMILES string of the molecule is Cn1cccc1CN(C(=O)CCc1ccccc1)C1CC1. The zero-order chi connectivity index (χ0) is 14.7. The van der Waals surface area contributed by atoms with Gasteiger partial charge in [0, 0.05) is 31.4 Å². The third-order valence-electron chi connectivity index (χ3n) is 4.16. The number of hydrogen-bond acceptors (Lipinski definition) is 1. The van der Waals surface area contributed by atoms with E-state index in [0.717, 1.165) is 25.8 Å². The summed E-state index contributed by atoms with van der Waals surface area (Å²) < 4.78 is 2.10. The normalized spacial score (nSPS) is 14.1. The maximum absolute atomic E-state index is 12.6. The van der Waals surface area contributed by atoms with Crippen molar-refractivity contribution in [1.82, 2.24) is 9.47 Å². The molecule has 0 atom stereocenters. The highest BCUT2D eigenvalue weighted by Crippen LogP contribution is 2.29. The molecule has 1 aliphatic rings. The molecule has 1 aromatic carbocycles. The number of aryl methyl sites for hydroxylation is 2. The van der Waals surface area contributed by atoms with Crippen molar-refractivity contribution >= 4 is 5.91 Å². The van der Waals surface area contributed by atoms with Gasteiger partial charge in [0.2, 0.25) is 5.91 Å². The van der Waals surface area contributed by atoms with Crippen LogP contribution in [0.15, 0.2) is 48.7 Å². The van der Waals surface area contributed by atoms with Gasteiger partial charge in [-0.1, -0.05) is 30.3 Å². The fourth-order valence-corrected chi connectivity index (χ4v) is 2.68. The molecule has 1 heterocycles. The summed E-state index contributed by atoms with van der Waals surface area (Å²) >= 11 is 0. The number of benzene rings is 1. The molecule has 1 aliphatic carbocycles. The van der Waals surface area contributed by atoms with Crippen molar-refractivity contribution in [2.75, 3.05) is 0 Å². The van der Waals surface area contributed by atoms with E-state index < -0.39 is 0 Å². The Kier molecular flexibility index (Phi) is 4.09. The summed E-state index contributed by atoms with van der Waals surface area (Å²) in [5.74, 6) is 0.280. The fraction of sp³-hybridized carbons (Fsp3) is 0.389. The van der Waals surface area contributed by atoms with Crippen LogP contribution in [-0.2, 0) is 24.8 Å². The van der Waals surface area contributed by atoms with Crippen molar-refractivity contribution in [3.8, 4) is 0 Å². The monoisotopic (exact) mass is 282 g/mol. The first-order valence-corrected chi connectivity index (χ1v) is 7.67. The highest BCUT2D eigenvalue weighted by atomic mass is 16.2. The van der Waals surface area contributed by atoms with Gasteiger partial charge in [-0.3, -0.25) is 4.79 Å². The number of amides is 1. The molecular weight excluding hydrogens is 260 g/mol. The number of hydrogen-bond donors (Lipinski definition) is 0. The Labute approximate surface area is 126 Å². The minimum Gasteiger partial charge on any atom is -0.353 e. The molecule has 0 N–H and O–H groups in total. The molecule has 0 unspecified atom stereocenters. The molecule has 0 aliphatic heterocycles. The van der Waals surface area contributed by atoms with Crippen molar-refractivity contribution in [2.45, 2.75) is 38.3 Å². The summed E-state index contributed by atoms with van der Waals surface area (Å²) in [6.07, 6.45) is 5.78. The predicted octanol–water partition coefficient (Wildman–Crippen LogP) is 3.15. The molecule has 1 aromatic heterocycles. The van der Waals surface area contributed by atoms with Gasteiger partial charge in [-0.2, -0.15) is 0 Å². The molecule has 1 amide bonds. The predicted molar refractivity (Wildman–Crippen MR) is 83.7 cm³/mol. The summed E-state index contributed by atoms with van der Waals surface area (Å²) in [7, 11) is 2.04. The van der Waals surface area contributed by atoms with Gasteiger partial charge in [0.25, 0.3) is 0 Å². The van der Waals surface area contributed by atoms with E-state index in [9.17, 15) is 4.79 Å². The minimum absolute atomic E-state index is 0.280. The van der Waals surface area contributed by atoms with Gasteiger partial charge in [0.1, 0.15) is 0 Å². The Morgan fingerprint density at radius 2 is 1.95 bits per heavy atom. The standard InChI is InChI=1S/C18H22N2O/c1-19-13-5-8-17(19)14-20(16-10-11-16)18(21)12-9-15-6-3-2-4-7-15/h2-8,13,16H,9-12,14H2,1H3. The number of carbonyl (C=O) groups is 1. The smallest absolute Gasteiger partial charge is 0.223 e. The van der Waals surface area contributed by atoms with Crippen molar-refractivity contribution in [2.24, 2.45) is 7.05 Å². The molecule has 0 saturated heterocycles. The summed E-state index contributed by atoms with van der Waals surface area (Å²) in [6.45, 7) is 0.738. The van der Waals surface area contributed by atoms with E-state index in [1.165, 1.54) is 11.3 Å². The van der Waals surface area contributed by atoms with Crippen LogP contribution in [0.1, 0.15) is 30.5 Å². The third-order valence-corrected chi connectivity index (χ3v) is 4.16. The second-order valence-electron chi connectivity index (χ2n) is 5.85. The Morgan fingerprint density at radius 3 is 2.57 bits per heavy atom. The molecule has 1 fully saturated rings. The molecule has 110 valence electrons. The lowest BCUT2D eigenvalue weighted by Gasteiger charge is -2.23. The van der Waals surface area contributed by atoms with Crippen LogP contribution in [-0.4, -0.2) is 21.4 Å². The topological polar surface area (TPSA) is 25.2 Å². The van der Waals surface area contributed by atoms with Crippen molar-refractivity contribution in [1.29, 1.82) is 0 Å². The van der Waals surface area contributed by atoms with E-state index in [4.69, 9.17) is 0 Å². The zero-order valence-corrected chi connectivity index (χ0v) is 12.5. The molecule has 2 aromatic rings. The van der Waals surface area contributed by atoms with Crippen molar-refractivity contribution in [3.05, 3.63) is 59.9 Å². The Balaban J connectivity index is 1.61. The van der Waals surface area contributed by atoms with E-state index in [0.29, 0.717) is 12.5 Å². The van der Waals surface area contributed by atoms with E-state index in [2.05, 4.69) is 27.7 Å². The molecule has 1 saturated carbocycles. The average Bonchev–Trinajstić information content (AvgIpc) is 3.27. The lowest BCUT2D eigenvalue weighted by Crippen LogP contribution is -2.33. The van der Waals surface area contributed by atoms with Gasteiger partial charge < -0.3 is 9.47 Å². The first kappa shape index (κ1) is 13.9. The third kappa shape index (κ3) is 3.54. The molecular formula is C18H22N2O. The number of nitrogens with zero attached hydrogens (tertiary/aromatic N) is 2. The number of carbonyl (C=O) groups excluding carboxylic acids is 1. The van der Waals surface area contributed by atoms with Crippen LogP contribution >= 0.6 is 0 Å². The molecule has 3 heteroatoms. The Morgan fingerprint density at radius 1 is 1.19 bits per heavy atom. The van der Waals surface area contributed by atoms with Gasteiger partial charge >= 0.3 is 0 Å². The summed E-state index contributed by atoms with van der Waals surface area (Å²) in [4.78, 5) is 14.6. The summed E-state index contributed by atoms with van der Waals surface area (Å²) in [6, 6.07) is 14.8. The summed E-state index contributed by atoms with van der Waals surface area (Å²) in [5, 5.41) is 0. The fourth-order valence-electron chi connectivity index (χ4n) is 2.68. The molecule has 0 radical (unpaired) electrons. The molecule has 0 bridgehead atoms. The van der Waals surface area contributed by atoms with Crippen LogP contribution in [0, 0.1) is 0 Å². The minimum atomic E-state index is 0.280. The van der Waals surface area contributed by atoms with E-state index in [1.54, 1.807) is 0 Å². The quantitative estimate of drug-likeness (QED) is 0.799. The maximum atomic E-state index is 12.6. The summed E-state index contributed by atoms with van der Waals surface area (Å²) in [5.41, 5.74) is 2.44. The zero-order valence-electron chi connectivity index (χ0n) is 12.5. The van der Waals surface area contributed by atoms with E-state index in [-0.39, 0.29) is 5.91 Å². The number of aromatic nitrogens is 1. The largest absolute Gasteiger partial charge is 0.353 e. The molecule has 21 heavy (non-hydrogen) atoms. The maximum Gasteiger partial charge on any atom is 0.223 e. The lowest BCUT2D eigenvalue weighted by atomic mass is 10.1. The van der Waals surface area contributed by atoms with Crippen LogP contribution in [0.5, 0.6) is 0 Å². The van der Waals surface area contributed by atoms with Gasteiger partial charge in [-0.15, -0.1) is 0 Å². The highest BCUT2D eigenvalue weighted by Gasteiger charge is 2.32. The molecule has 3 nitrogen and oxygen atoms in total. The highest BCUT2D eigenvalue weighted by molar-refractivity contribution is 5.77. The van der Waals surface area contributed by atoms with Gasteiger partial charge in [-0.25, -0.2) is 0 Å². The van der Waals surface area contributed by atoms with Gasteiger partial charge in [0.05, 0.1) is 6.54 Å². The first-order valence-electron chi connectivity index (χ1n) is 7.67. The average molecular weight is 282 g/mol. The second kappa shape index (κ2) is 6.17. The van der Waals surface area contributed by atoms with Crippen LogP contribution in [0.3, 0.4) is 0 Å². The Hall–Kier alpha value is -2.03.